The fraction of sp³-hybridized carbons (Fsp3) is 0.312. The second kappa shape index (κ2) is 5.88. The first-order valence-corrected chi connectivity index (χ1v) is 8.43. The van der Waals surface area contributed by atoms with Gasteiger partial charge in [0.05, 0.1) is 6.54 Å². The molecule has 0 unspecified atom stereocenters. The number of rotatable bonds is 4. The van der Waals surface area contributed by atoms with Crippen molar-refractivity contribution in [2.45, 2.75) is 32.4 Å². The van der Waals surface area contributed by atoms with E-state index in [1.165, 1.54) is 12.8 Å². The van der Waals surface area contributed by atoms with Crippen molar-refractivity contribution in [1.82, 2.24) is 19.7 Å². The van der Waals surface area contributed by atoms with Gasteiger partial charge in [-0.2, -0.15) is 0 Å². The molecule has 0 fully saturated rings. The summed E-state index contributed by atoms with van der Waals surface area (Å²) in [6.45, 7) is 1.74. The first-order valence-electron chi connectivity index (χ1n) is 7.55. The highest BCUT2D eigenvalue weighted by molar-refractivity contribution is 7.13. The molecule has 0 aliphatic carbocycles. The van der Waals surface area contributed by atoms with Gasteiger partial charge in [0.1, 0.15) is 10.8 Å². The summed E-state index contributed by atoms with van der Waals surface area (Å²) in [6.07, 6.45) is 5.33. The van der Waals surface area contributed by atoms with Crippen LogP contribution in [-0.2, 0) is 19.5 Å². The van der Waals surface area contributed by atoms with Crippen molar-refractivity contribution in [1.29, 1.82) is 0 Å². The summed E-state index contributed by atoms with van der Waals surface area (Å²) in [5.74, 6) is 2.15. The summed E-state index contributed by atoms with van der Waals surface area (Å²) >= 11 is 1.65. The fourth-order valence-electron chi connectivity index (χ4n) is 2.81. The van der Waals surface area contributed by atoms with Crippen LogP contribution in [0.3, 0.4) is 0 Å². The Morgan fingerprint density at radius 1 is 1.23 bits per heavy atom. The van der Waals surface area contributed by atoms with E-state index in [2.05, 4.69) is 49.3 Å². The van der Waals surface area contributed by atoms with Crippen LogP contribution in [0.1, 0.15) is 24.5 Å². The molecule has 0 radical (unpaired) electrons. The van der Waals surface area contributed by atoms with Crippen molar-refractivity contribution in [3.8, 4) is 10.6 Å². The molecule has 0 saturated heterocycles. The maximum absolute atomic E-state index is 4.36. The number of nitrogens with zero attached hydrogens (tertiary/aromatic N) is 4. The SMILES string of the molecule is c1cc(NCc2nnc3n2CCCC3)cc(-c2nccs2)c1. The monoisotopic (exact) mass is 311 g/mol. The molecule has 4 rings (SSSR count). The predicted molar refractivity (Wildman–Crippen MR) is 87.8 cm³/mol. The quantitative estimate of drug-likeness (QED) is 0.803. The predicted octanol–water partition coefficient (Wildman–Crippen LogP) is 3.35. The molecule has 22 heavy (non-hydrogen) atoms. The Morgan fingerprint density at radius 2 is 2.23 bits per heavy atom. The molecule has 1 aromatic carbocycles. The molecule has 5 nitrogen and oxygen atoms in total. The van der Waals surface area contributed by atoms with Crippen LogP contribution < -0.4 is 5.32 Å². The molecule has 0 spiro atoms. The lowest BCUT2D eigenvalue weighted by Gasteiger charge is -2.15. The zero-order chi connectivity index (χ0) is 14.8. The smallest absolute Gasteiger partial charge is 0.152 e. The van der Waals surface area contributed by atoms with E-state index < -0.39 is 0 Å². The van der Waals surface area contributed by atoms with Gasteiger partial charge in [-0.25, -0.2) is 4.98 Å². The molecule has 0 atom stereocenters. The third-order valence-electron chi connectivity index (χ3n) is 3.93. The summed E-state index contributed by atoms with van der Waals surface area (Å²) in [7, 11) is 0. The summed E-state index contributed by atoms with van der Waals surface area (Å²) in [4.78, 5) is 4.36. The van der Waals surface area contributed by atoms with Crippen molar-refractivity contribution < 1.29 is 0 Å². The van der Waals surface area contributed by atoms with Crippen molar-refractivity contribution in [2.75, 3.05) is 5.32 Å². The molecule has 0 amide bonds. The molecule has 3 aromatic rings. The molecule has 0 bridgehead atoms. The summed E-state index contributed by atoms with van der Waals surface area (Å²) in [5.41, 5.74) is 2.23. The van der Waals surface area contributed by atoms with Gasteiger partial charge in [-0.05, 0) is 25.0 Å². The Labute approximate surface area is 133 Å². The van der Waals surface area contributed by atoms with Crippen LogP contribution in [-0.4, -0.2) is 19.7 Å². The van der Waals surface area contributed by atoms with Crippen molar-refractivity contribution in [2.24, 2.45) is 0 Å². The maximum Gasteiger partial charge on any atom is 0.152 e. The van der Waals surface area contributed by atoms with E-state index in [9.17, 15) is 0 Å². The van der Waals surface area contributed by atoms with E-state index in [-0.39, 0.29) is 0 Å². The number of fused-ring (bicyclic) bond motifs is 1. The topological polar surface area (TPSA) is 55.6 Å². The highest BCUT2D eigenvalue weighted by Crippen LogP contribution is 2.24. The average molecular weight is 311 g/mol. The van der Waals surface area contributed by atoms with E-state index in [1.54, 1.807) is 11.3 Å². The molecule has 1 aliphatic heterocycles. The van der Waals surface area contributed by atoms with Crippen LogP contribution >= 0.6 is 11.3 Å². The molecule has 112 valence electrons. The number of aromatic nitrogens is 4. The van der Waals surface area contributed by atoms with Gasteiger partial charge in [0.2, 0.25) is 0 Å². The molecule has 1 N–H and O–H groups in total. The number of nitrogens with one attached hydrogen (secondary N) is 1. The second-order valence-electron chi connectivity index (χ2n) is 5.41. The van der Waals surface area contributed by atoms with Crippen molar-refractivity contribution in [3.05, 3.63) is 47.5 Å². The summed E-state index contributed by atoms with van der Waals surface area (Å²) in [6, 6.07) is 8.35. The number of anilines is 1. The van der Waals surface area contributed by atoms with Crippen LogP contribution in [0.2, 0.25) is 0 Å². The van der Waals surface area contributed by atoms with Crippen LogP contribution in [0.15, 0.2) is 35.8 Å². The fourth-order valence-corrected chi connectivity index (χ4v) is 3.44. The van der Waals surface area contributed by atoms with Gasteiger partial charge < -0.3 is 9.88 Å². The van der Waals surface area contributed by atoms with Gasteiger partial charge in [0.25, 0.3) is 0 Å². The lowest BCUT2D eigenvalue weighted by Crippen LogP contribution is -2.15. The zero-order valence-electron chi connectivity index (χ0n) is 12.2. The minimum Gasteiger partial charge on any atom is -0.378 e. The molecule has 3 heterocycles. The van der Waals surface area contributed by atoms with Gasteiger partial charge in [-0.1, -0.05) is 12.1 Å². The Kier molecular flexibility index (Phi) is 3.60. The Hall–Kier alpha value is -2.21. The van der Waals surface area contributed by atoms with Crippen molar-refractivity contribution in [3.63, 3.8) is 0 Å². The second-order valence-corrected chi connectivity index (χ2v) is 6.31. The average Bonchev–Trinajstić information content (AvgIpc) is 3.23. The normalized spacial score (nSPS) is 13.8. The molecule has 2 aromatic heterocycles. The lowest BCUT2D eigenvalue weighted by atomic mass is 10.1. The molecular weight excluding hydrogens is 294 g/mol. The number of aryl methyl sites for hydroxylation is 1. The van der Waals surface area contributed by atoms with E-state index in [0.717, 1.165) is 40.9 Å². The Bertz CT molecular complexity index is 763. The van der Waals surface area contributed by atoms with Gasteiger partial charge in [-0.3, -0.25) is 0 Å². The third kappa shape index (κ3) is 2.62. The first kappa shape index (κ1) is 13.5. The third-order valence-corrected chi connectivity index (χ3v) is 4.75. The number of benzene rings is 1. The van der Waals surface area contributed by atoms with Gasteiger partial charge in [0, 0.05) is 35.8 Å². The maximum atomic E-state index is 4.36. The highest BCUT2D eigenvalue weighted by Gasteiger charge is 2.15. The highest BCUT2D eigenvalue weighted by atomic mass is 32.1. The molecular formula is C16H17N5S. The zero-order valence-corrected chi connectivity index (χ0v) is 13.0. The standard InChI is InChI=1S/C16H17N5S/c1-2-8-21-14(6-1)19-20-15(21)11-18-13-5-3-4-12(10-13)16-17-7-9-22-16/h3-5,7,9-10,18H,1-2,6,8,11H2. The van der Waals surface area contributed by atoms with E-state index in [4.69, 9.17) is 0 Å². The van der Waals surface area contributed by atoms with E-state index in [1.807, 2.05) is 11.6 Å². The number of thiazole rings is 1. The number of hydrogen-bond acceptors (Lipinski definition) is 5. The van der Waals surface area contributed by atoms with Crippen LogP contribution in [0.4, 0.5) is 5.69 Å². The minimum atomic E-state index is 0.703. The van der Waals surface area contributed by atoms with Crippen LogP contribution in [0.5, 0.6) is 0 Å². The Balaban J connectivity index is 1.50. The first-order chi connectivity index (χ1) is 10.9. The van der Waals surface area contributed by atoms with Crippen molar-refractivity contribution >= 4 is 17.0 Å². The number of hydrogen-bond donors (Lipinski definition) is 1. The largest absolute Gasteiger partial charge is 0.378 e. The molecule has 0 saturated carbocycles. The van der Waals surface area contributed by atoms with E-state index >= 15 is 0 Å². The Morgan fingerprint density at radius 3 is 3.14 bits per heavy atom. The molecule has 1 aliphatic rings. The van der Waals surface area contributed by atoms with Gasteiger partial charge in [0.15, 0.2) is 5.82 Å². The minimum absolute atomic E-state index is 0.703. The lowest BCUT2D eigenvalue weighted by molar-refractivity contribution is 0.510. The summed E-state index contributed by atoms with van der Waals surface area (Å²) < 4.78 is 2.25. The van der Waals surface area contributed by atoms with Crippen LogP contribution in [0, 0.1) is 0 Å². The van der Waals surface area contributed by atoms with Gasteiger partial charge in [-0.15, -0.1) is 21.5 Å². The van der Waals surface area contributed by atoms with E-state index in [0.29, 0.717) is 6.54 Å². The van der Waals surface area contributed by atoms with Gasteiger partial charge >= 0.3 is 0 Å². The molecule has 6 heteroatoms. The van der Waals surface area contributed by atoms with Crippen LogP contribution in [0.25, 0.3) is 10.6 Å². The summed E-state index contributed by atoms with van der Waals surface area (Å²) in [5, 5.41) is 15.1.